The summed E-state index contributed by atoms with van der Waals surface area (Å²) < 4.78 is 0. The Morgan fingerprint density at radius 3 is 2.50 bits per heavy atom. The number of hydrogen-bond acceptors (Lipinski definition) is 2. The van der Waals surface area contributed by atoms with E-state index in [0.717, 1.165) is 6.42 Å². The first-order valence-corrected chi connectivity index (χ1v) is 4.82. The summed E-state index contributed by atoms with van der Waals surface area (Å²) in [6, 6.07) is 0. The van der Waals surface area contributed by atoms with E-state index in [2.05, 4.69) is 32.0 Å². The third kappa shape index (κ3) is 5.60. The summed E-state index contributed by atoms with van der Waals surface area (Å²) in [7, 11) is 0. The fourth-order valence-corrected chi connectivity index (χ4v) is 1.30. The topological polar surface area (TPSA) is 55.1 Å². The number of amides is 1. The summed E-state index contributed by atoms with van der Waals surface area (Å²) in [6.45, 7) is 6.91. The summed E-state index contributed by atoms with van der Waals surface area (Å²) >= 11 is 0. The van der Waals surface area contributed by atoms with Gasteiger partial charge in [-0.25, -0.2) is 0 Å². The van der Waals surface area contributed by atoms with E-state index in [1.807, 2.05) is 0 Å². The third-order valence-corrected chi connectivity index (χ3v) is 1.88. The van der Waals surface area contributed by atoms with Crippen LogP contribution in [0.1, 0.15) is 27.2 Å². The second-order valence-corrected chi connectivity index (χ2v) is 4.62. The maximum atomic E-state index is 11.5. The van der Waals surface area contributed by atoms with Crippen LogP contribution < -0.4 is 11.1 Å². The maximum Gasteiger partial charge on any atom is 0.225 e. The van der Waals surface area contributed by atoms with E-state index in [0.29, 0.717) is 6.54 Å². The number of nitrogens with two attached hydrogens (primary N) is 1. The Morgan fingerprint density at radius 1 is 1.57 bits per heavy atom. The van der Waals surface area contributed by atoms with Gasteiger partial charge in [-0.15, -0.1) is 6.42 Å². The van der Waals surface area contributed by atoms with Crippen molar-refractivity contribution in [3.8, 4) is 12.3 Å². The lowest BCUT2D eigenvalue weighted by Gasteiger charge is -2.23. The van der Waals surface area contributed by atoms with Gasteiger partial charge in [-0.2, -0.15) is 0 Å². The Bertz CT molecular complexity index is 222. The maximum absolute atomic E-state index is 11.5. The van der Waals surface area contributed by atoms with Gasteiger partial charge in [0, 0.05) is 6.54 Å². The van der Waals surface area contributed by atoms with Gasteiger partial charge in [0.05, 0.1) is 12.5 Å². The molecule has 0 saturated carbocycles. The van der Waals surface area contributed by atoms with Gasteiger partial charge in [0.2, 0.25) is 5.91 Å². The summed E-state index contributed by atoms with van der Waals surface area (Å²) in [4.78, 5) is 11.5. The highest BCUT2D eigenvalue weighted by Gasteiger charge is 2.23. The average Bonchev–Trinajstić information content (AvgIpc) is 2.08. The van der Waals surface area contributed by atoms with Crippen LogP contribution in [0.5, 0.6) is 0 Å². The van der Waals surface area contributed by atoms with Gasteiger partial charge in [0.15, 0.2) is 0 Å². The largest absolute Gasteiger partial charge is 0.345 e. The molecule has 0 aromatic carbocycles. The number of rotatable bonds is 4. The molecule has 0 aromatic rings. The van der Waals surface area contributed by atoms with Crippen molar-refractivity contribution in [2.75, 3.05) is 13.1 Å². The molecule has 3 heteroatoms. The van der Waals surface area contributed by atoms with Gasteiger partial charge in [-0.05, 0) is 11.8 Å². The normalized spacial score (nSPS) is 13.1. The first kappa shape index (κ1) is 13.0. The van der Waals surface area contributed by atoms with Crippen molar-refractivity contribution in [2.45, 2.75) is 27.2 Å². The molecule has 0 spiro atoms. The zero-order valence-corrected chi connectivity index (χ0v) is 9.26. The van der Waals surface area contributed by atoms with Gasteiger partial charge in [0.1, 0.15) is 0 Å². The smallest absolute Gasteiger partial charge is 0.225 e. The zero-order valence-electron chi connectivity index (χ0n) is 9.26. The van der Waals surface area contributed by atoms with Crippen molar-refractivity contribution in [2.24, 2.45) is 17.1 Å². The Hall–Kier alpha value is -1.01. The lowest BCUT2D eigenvalue weighted by molar-refractivity contribution is -0.125. The molecule has 0 heterocycles. The molecule has 3 N–H and O–H groups in total. The van der Waals surface area contributed by atoms with Crippen molar-refractivity contribution >= 4 is 5.91 Å². The highest BCUT2D eigenvalue weighted by atomic mass is 16.1. The van der Waals surface area contributed by atoms with E-state index in [4.69, 9.17) is 12.2 Å². The molecule has 1 amide bonds. The highest BCUT2D eigenvalue weighted by Crippen LogP contribution is 2.23. The van der Waals surface area contributed by atoms with E-state index >= 15 is 0 Å². The number of terminal acetylenes is 1. The summed E-state index contributed by atoms with van der Waals surface area (Å²) in [5, 5.41) is 2.65. The minimum absolute atomic E-state index is 0.0413. The average molecular weight is 196 g/mol. The second kappa shape index (κ2) is 5.66. The lowest BCUT2D eigenvalue weighted by Crippen LogP contribution is -2.37. The molecule has 1 atom stereocenters. The van der Waals surface area contributed by atoms with Gasteiger partial charge >= 0.3 is 0 Å². The first-order chi connectivity index (χ1) is 6.40. The highest BCUT2D eigenvalue weighted by molar-refractivity contribution is 5.79. The molecule has 0 aromatic heterocycles. The van der Waals surface area contributed by atoms with Gasteiger partial charge in [0.25, 0.3) is 0 Å². The zero-order chi connectivity index (χ0) is 11.2. The molecule has 80 valence electrons. The number of carbonyl (C=O) groups excluding carboxylic acids is 1. The van der Waals surface area contributed by atoms with Crippen molar-refractivity contribution in [1.29, 1.82) is 0 Å². The molecule has 3 nitrogen and oxygen atoms in total. The predicted octanol–water partition coefficient (Wildman–Crippen LogP) is 0.747. The molecule has 0 radical (unpaired) electrons. The summed E-state index contributed by atoms with van der Waals surface area (Å²) in [5.41, 5.74) is 5.65. The van der Waals surface area contributed by atoms with Crippen LogP contribution in [0.4, 0.5) is 0 Å². The van der Waals surface area contributed by atoms with E-state index < -0.39 is 0 Å². The van der Waals surface area contributed by atoms with Crippen LogP contribution in [0.15, 0.2) is 0 Å². The van der Waals surface area contributed by atoms with Crippen LogP contribution in [-0.2, 0) is 4.79 Å². The van der Waals surface area contributed by atoms with Gasteiger partial charge < -0.3 is 11.1 Å². The quantitative estimate of drug-likeness (QED) is 0.652. The first-order valence-electron chi connectivity index (χ1n) is 4.82. The minimum atomic E-state index is -0.136. The molecule has 0 bridgehead atoms. The third-order valence-electron chi connectivity index (χ3n) is 1.88. The van der Waals surface area contributed by atoms with E-state index in [1.165, 1.54) is 0 Å². The van der Waals surface area contributed by atoms with Crippen molar-refractivity contribution in [3.05, 3.63) is 0 Å². The van der Waals surface area contributed by atoms with E-state index in [9.17, 15) is 4.79 Å². The molecule has 0 saturated heterocycles. The number of hydrogen-bond donors (Lipinski definition) is 2. The van der Waals surface area contributed by atoms with Crippen LogP contribution in [0, 0.1) is 23.7 Å². The fraction of sp³-hybridized carbons (Fsp3) is 0.727. The SMILES string of the molecule is C#CCNC(=O)C(CN)CC(C)(C)C. The second-order valence-electron chi connectivity index (χ2n) is 4.62. The summed E-state index contributed by atoms with van der Waals surface area (Å²) in [5.74, 6) is 2.19. The molecule has 0 fully saturated rings. The van der Waals surface area contributed by atoms with Crippen molar-refractivity contribution in [3.63, 3.8) is 0 Å². The molecular weight excluding hydrogens is 176 g/mol. The minimum Gasteiger partial charge on any atom is -0.345 e. The van der Waals surface area contributed by atoms with Gasteiger partial charge in [-0.1, -0.05) is 26.7 Å². The molecule has 14 heavy (non-hydrogen) atoms. The van der Waals surface area contributed by atoms with Crippen LogP contribution in [0.25, 0.3) is 0 Å². The van der Waals surface area contributed by atoms with Crippen LogP contribution in [-0.4, -0.2) is 19.0 Å². The molecule has 1 unspecified atom stereocenters. The lowest BCUT2D eigenvalue weighted by atomic mass is 9.84. The van der Waals surface area contributed by atoms with E-state index in [1.54, 1.807) is 0 Å². The van der Waals surface area contributed by atoms with Gasteiger partial charge in [-0.3, -0.25) is 4.79 Å². The number of carbonyl (C=O) groups is 1. The van der Waals surface area contributed by atoms with Crippen molar-refractivity contribution in [1.82, 2.24) is 5.32 Å². The summed E-state index contributed by atoms with van der Waals surface area (Å²) in [6.07, 6.45) is 5.83. The molecule has 0 aliphatic rings. The Morgan fingerprint density at radius 2 is 2.14 bits per heavy atom. The molecule has 0 aliphatic heterocycles. The Labute approximate surface area is 86.4 Å². The van der Waals surface area contributed by atoms with Crippen LogP contribution in [0.2, 0.25) is 0 Å². The molecule has 0 aliphatic carbocycles. The van der Waals surface area contributed by atoms with Crippen LogP contribution >= 0.6 is 0 Å². The molecular formula is C11H20N2O. The standard InChI is InChI=1S/C11H20N2O/c1-5-6-13-10(14)9(8-12)7-11(2,3)4/h1,9H,6-8,12H2,2-4H3,(H,13,14). The number of nitrogens with one attached hydrogen (secondary N) is 1. The predicted molar refractivity (Wildman–Crippen MR) is 58.5 cm³/mol. The monoisotopic (exact) mass is 196 g/mol. The Kier molecular flexibility index (Phi) is 5.26. The van der Waals surface area contributed by atoms with Crippen molar-refractivity contribution < 1.29 is 4.79 Å². The molecule has 0 rings (SSSR count). The Balaban J connectivity index is 4.14. The van der Waals surface area contributed by atoms with Crippen LogP contribution in [0.3, 0.4) is 0 Å². The fourth-order valence-electron chi connectivity index (χ4n) is 1.30. The van der Waals surface area contributed by atoms with E-state index in [-0.39, 0.29) is 23.8 Å².